The molecule has 0 atom stereocenters. The molecule has 2 rings (SSSR count). The summed E-state index contributed by atoms with van der Waals surface area (Å²) >= 11 is 0. The zero-order valence-electron chi connectivity index (χ0n) is 8.89. The molecule has 0 fully saturated rings. The number of carbonyl (C=O) groups is 1. The summed E-state index contributed by atoms with van der Waals surface area (Å²) in [6, 6.07) is 15.7. The van der Waals surface area contributed by atoms with Crippen molar-refractivity contribution in [3.63, 3.8) is 0 Å². The molecule has 0 aromatic heterocycles. The van der Waals surface area contributed by atoms with Crippen LogP contribution in [0.4, 0.5) is 5.69 Å². The van der Waals surface area contributed by atoms with E-state index in [4.69, 9.17) is 5.73 Å². The fourth-order valence-electron chi connectivity index (χ4n) is 1.65. The number of benzene rings is 2. The van der Waals surface area contributed by atoms with Crippen molar-refractivity contribution >= 4 is 12.0 Å². The van der Waals surface area contributed by atoms with Crippen molar-refractivity contribution in [3.8, 4) is 11.1 Å². The van der Waals surface area contributed by atoms with E-state index in [1.54, 1.807) is 0 Å². The summed E-state index contributed by atoms with van der Waals surface area (Å²) in [7, 11) is 0. The molecule has 0 heterocycles. The van der Waals surface area contributed by atoms with E-state index in [9.17, 15) is 4.79 Å². The van der Waals surface area contributed by atoms with Gasteiger partial charge in [-0.2, -0.15) is 0 Å². The lowest BCUT2D eigenvalue weighted by atomic mass is 10.0. The van der Waals surface area contributed by atoms with Gasteiger partial charge in [0.05, 0.1) is 0 Å². The summed E-state index contributed by atoms with van der Waals surface area (Å²) in [6.45, 7) is 0. The first kappa shape index (κ1) is 10.4. The fraction of sp³-hybridized carbons (Fsp3) is 0.0714. The van der Waals surface area contributed by atoms with Crippen molar-refractivity contribution in [2.45, 2.75) is 6.42 Å². The van der Waals surface area contributed by atoms with Gasteiger partial charge in [0.2, 0.25) is 0 Å². The predicted molar refractivity (Wildman–Crippen MR) is 66.1 cm³/mol. The van der Waals surface area contributed by atoms with E-state index < -0.39 is 0 Å². The monoisotopic (exact) mass is 211 g/mol. The molecule has 0 bridgehead atoms. The van der Waals surface area contributed by atoms with Crippen LogP contribution in [0.25, 0.3) is 11.1 Å². The smallest absolute Gasteiger partial charge is 0.124 e. The van der Waals surface area contributed by atoms with Crippen LogP contribution in [0.2, 0.25) is 0 Å². The Balaban J connectivity index is 2.36. The quantitative estimate of drug-likeness (QED) is 0.626. The van der Waals surface area contributed by atoms with Gasteiger partial charge in [0, 0.05) is 12.1 Å². The van der Waals surface area contributed by atoms with E-state index in [2.05, 4.69) is 0 Å². The molecule has 0 unspecified atom stereocenters. The third kappa shape index (κ3) is 2.28. The van der Waals surface area contributed by atoms with Crippen molar-refractivity contribution in [2.24, 2.45) is 0 Å². The van der Waals surface area contributed by atoms with Gasteiger partial charge in [0.25, 0.3) is 0 Å². The molecule has 2 N–H and O–H groups in total. The molecule has 0 radical (unpaired) electrons. The van der Waals surface area contributed by atoms with E-state index in [-0.39, 0.29) is 0 Å². The molecule has 0 aliphatic heterocycles. The van der Waals surface area contributed by atoms with Crippen LogP contribution in [-0.2, 0) is 11.2 Å². The molecular weight excluding hydrogens is 198 g/mol. The average molecular weight is 211 g/mol. The van der Waals surface area contributed by atoms with Crippen LogP contribution in [0.3, 0.4) is 0 Å². The number of carbonyl (C=O) groups excluding carboxylic acids is 1. The average Bonchev–Trinajstić information content (AvgIpc) is 2.31. The Bertz CT molecular complexity index is 488. The summed E-state index contributed by atoms with van der Waals surface area (Å²) in [5.41, 5.74) is 9.65. The predicted octanol–water partition coefficient (Wildman–Crippen LogP) is 2.68. The Morgan fingerprint density at radius 3 is 2.44 bits per heavy atom. The Morgan fingerprint density at radius 1 is 1.00 bits per heavy atom. The molecule has 0 aliphatic rings. The van der Waals surface area contributed by atoms with Gasteiger partial charge in [-0.3, -0.25) is 0 Å². The van der Waals surface area contributed by atoms with E-state index in [0.29, 0.717) is 6.42 Å². The summed E-state index contributed by atoms with van der Waals surface area (Å²) in [5, 5.41) is 0. The number of nitrogens with two attached hydrogens (primary N) is 1. The highest BCUT2D eigenvalue weighted by Gasteiger charge is 1.98. The van der Waals surface area contributed by atoms with Gasteiger partial charge in [-0.05, 0) is 28.8 Å². The largest absolute Gasteiger partial charge is 0.399 e. The first-order valence-electron chi connectivity index (χ1n) is 5.18. The number of hydrogen-bond donors (Lipinski definition) is 1. The highest BCUT2D eigenvalue weighted by atomic mass is 16.1. The minimum atomic E-state index is 0.461. The summed E-state index contributed by atoms with van der Waals surface area (Å²) in [6.07, 6.45) is 1.38. The molecule has 0 amide bonds. The van der Waals surface area contributed by atoms with Gasteiger partial charge < -0.3 is 10.5 Å². The number of nitrogen functional groups attached to an aromatic ring is 1. The highest BCUT2D eigenvalue weighted by Crippen LogP contribution is 2.21. The van der Waals surface area contributed by atoms with Crippen molar-refractivity contribution in [1.29, 1.82) is 0 Å². The molecule has 2 nitrogen and oxygen atoms in total. The number of rotatable bonds is 3. The standard InChI is InChI=1S/C14H13NO/c15-14-6-4-12(5-7-14)13-3-1-2-11(10-13)8-9-16/h1-7,9-10H,8,15H2. The van der Waals surface area contributed by atoms with Crippen LogP contribution >= 0.6 is 0 Å². The van der Waals surface area contributed by atoms with Crippen molar-refractivity contribution in [1.82, 2.24) is 0 Å². The second kappa shape index (κ2) is 4.62. The van der Waals surface area contributed by atoms with Gasteiger partial charge in [-0.15, -0.1) is 0 Å². The van der Waals surface area contributed by atoms with Crippen molar-refractivity contribution in [3.05, 3.63) is 54.1 Å². The maximum atomic E-state index is 10.5. The Kier molecular flexibility index (Phi) is 3.01. The summed E-state index contributed by atoms with van der Waals surface area (Å²) in [4.78, 5) is 10.5. The number of aldehydes is 1. The van der Waals surface area contributed by atoms with Crippen LogP contribution in [-0.4, -0.2) is 6.29 Å². The second-order valence-corrected chi connectivity index (χ2v) is 3.69. The molecular formula is C14H13NO. The number of hydrogen-bond acceptors (Lipinski definition) is 2. The zero-order valence-corrected chi connectivity index (χ0v) is 8.89. The van der Waals surface area contributed by atoms with Crippen LogP contribution in [0.5, 0.6) is 0 Å². The Hall–Kier alpha value is -2.09. The lowest BCUT2D eigenvalue weighted by Gasteiger charge is -2.04. The Morgan fingerprint density at radius 2 is 1.75 bits per heavy atom. The van der Waals surface area contributed by atoms with Gasteiger partial charge >= 0.3 is 0 Å². The van der Waals surface area contributed by atoms with Crippen LogP contribution in [0.15, 0.2) is 48.5 Å². The van der Waals surface area contributed by atoms with Crippen LogP contribution in [0.1, 0.15) is 5.56 Å². The lowest BCUT2D eigenvalue weighted by Crippen LogP contribution is -1.87. The van der Waals surface area contributed by atoms with Gasteiger partial charge in [0.15, 0.2) is 0 Å². The Labute approximate surface area is 94.7 Å². The zero-order chi connectivity index (χ0) is 11.4. The van der Waals surface area contributed by atoms with Crippen LogP contribution in [0, 0.1) is 0 Å². The summed E-state index contributed by atoms with van der Waals surface area (Å²) < 4.78 is 0. The second-order valence-electron chi connectivity index (χ2n) is 3.69. The van der Waals surface area contributed by atoms with E-state index in [1.165, 1.54) is 0 Å². The van der Waals surface area contributed by atoms with E-state index >= 15 is 0 Å². The first-order chi connectivity index (χ1) is 7.79. The molecule has 0 saturated carbocycles. The summed E-state index contributed by atoms with van der Waals surface area (Å²) in [5.74, 6) is 0. The van der Waals surface area contributed by atoms with Gasteiger partial charge in [-0.25, -0.2) is 0 Å². The molecule has 16 heavy (non-hydrogen) atoms. The molecule has 0 aliphatic carbocycles. The maximum absolute atomic E-state index is 10.5. The van der Waals surface area contributed by atoms with Gasteiger partial charge in [0.1, 0.15) is 6.29 Å². The minimum Gasteiger partial charge on any atom is -0.399 e. The normalized spacial score (nSPS) is 10.0. The van der Waals surface area contributed by atoms with E-state index in [0.717, 1.165) is 28.7 Å². The maximum Gasteiger partial charge on any atom is 0.124 e. The third-order valence-electron chi connectivity index (χ3n) is 2.49. The van der Waals surface area contributed by atoms with Crippen LogP contribution < -0.4 is 5.73 Å². The molecule has 0 saturated heterocycles. The van der Waals surface area contributed by atoms with Crippen molar-refractivity contribution in [2.75, 3.05) is 5.73 Å². The topological polar surface area (TPSA) is 43.1 Å². The highest BCUT2D eigenvalue weighted by molar-refractivity contribution is 5.67. The SMILES string of the molecule is Nc1ccc(-c2cccc(CC=O)c2)cc1. The van der Waals surface area contributed by atoms with E-state index in [1.807, 2.05) is 48.5 Å². The van der Waals surface area contributed by atoms with Crippen molar-refractivity contribution < 1.29 is 4.79 Å². The van der Waals surface area contributed by atoms with Gasteiger partial charge in [-0.1, -0.05) is 36.4 Å². The lowest BCUT2D eigenvalue weighted by molar-refractivity contribution is -0.107. The fourth-order valence-corrected chi connectivity index (χ4v) is 1.65. The molecule has 80 valence electrons. The number of anilines is 1. The molecule has 2 aromatic rings. The first-order valence-corrected chi connectivity index (χ1v) is 5.18. The molecule has 2 heteroatoms. The minimum absolute atomic E-state index is 0.461. The molecule has 2 aromatic carbocycles. The third-order valence-corrected chi connectivity index (χ3v) is 2.49. The molecule has 0 spiro atoms.